The van der Waals surface area contributed by atoms with E-state index in [0.29, 0.717) is 0 Å². The van der Waals surface area contributed by atoms with Crippen molar-refractivity contribution in [1.29, 1.82) is 0 Å². The molecule has 0 fully saturated rings. The minimum Gasteiger partial charge on any atom is -0.351 e. The summed E-state index contributed by atoms with van der Waals surface area (Å²) in [6.45, 7) is 3.59. The summed E-state index contributed by atoms with van der Waals surface area (Å²) >= 11 is 0. The fraction of sp³-hybridized carbons (Fsp3) is 0.250. The molecule has 0 aromatic heterocycles. The fourth-order valence-electron chi connectivity index (χ4n) is 1.24. The zero-order valence-corrected chi connectivity index (χ0v) is 10.7. The van der Waals surface area contributed by atoms with Crippen LogP contribution in [-0.4, -0.2) is 26.6 Å². The minimum atomic E-state index is -3.38. The third kappa shape index (κ3) is 5.60. The molecule has 0 aliphatic heterocycles. The van der Waals surface area contributed by atoms with E-state index in [9.17, 15) is 13.2 Å². The largest absolute Gasteiger partial charge is 0.351 e. The summed E-state index contributed by atoms with van der Waals surface area (Å²) in [5.41, 5.74) is 0.885. The van der Waals surface area contributed by atoms with Gasteiger partial charge in [-0.2, -0.15) is 0 Å². The predicted molar refractivity (Wildman–Crippen MR) is 70.3 cm³/mol. The molecule has 0 saturated heterocycles. The molecular weight excluding hydrogens is 252 g/mol. The first-order chi connectivity index (χ1) is 8.53. The molecule has 1 aromatic carbocycles. The van der Waals surface area contributed by atoms with Gasteiger partial charge < -0.3 is 5.32 Å². The summed E-state index contributed by atoms with van der Waals surface area (Å²) in [7, 11) is -3.38. The van der Waals surface area contributed by atoms with Crippen LogP contribution in [-0.2, 0) is 21.4 Å². The van der Waals surface area contributed by atoms with Gasteiger partial charge in [-0.05, 0) is 11.6 Å². The lowest BCUT2D eigenvalue weighted by molar-refractivity contribution is -0.116. The number of nitrogens with one attached hydrogen (secondary N) is 2. The average molecular weight is 268 g/mol. The minimum absolute atomic E-state index is 0.0645. The van der Waals surface area contributed by atoms with Crippen LogP contribution >= 0.6 is 0 Å². The summed E-state index contributed by atoms with van der Waals surface area (Å²) in [5, 5.41) is 2.41. The van der Waals surface area contributed by atoms with Crippen LogP contribution in [0.15, 0.2) is 43.0 Å². The standard InChI is InChI=1S/C12H16N2O3S/c1-2-12(15)13-8-9-18(16,17)14-10-11-6-4-3-5-7-11/h2-7,14H,1,8-10H2,(H,13,15). The van der Waals surface area contributed by atoms with Crippen molar-refractivity contribution in [2.45, 2.75) is 6.54 Å². The molecule has 18 heavy (non-hydrogen) atoms. The smallest absolute Gasteiger partial charge is 0.243 e. The molecule has 98 valence electrons. The second-order valence-corrected chi connectivity index (χ2v) is 5.55. The maximum Gasteiger partial charge on any atom is 0.243 e. The highest BCUT2D eigenvalue weighted by atomic mass is 32.2. The number of sulfonamides is 1. The number of carbonyl (C=O) groups is 1. The van der Waals surface area contributed by atoms with Crippen molar-refractivity contribution in [2.75, 3.05) is 12.3 Å². The molecule has 0 spiro atoms. The lowest BCUT2D eigenvalue weighted by Crippen LogP contribution is -2.33. The first kappa shape index (κ1) is 14.4. The van der Waals surface area contributed by atoms with E-state index in [1.54, 1.807) is 0 Å². The second-order valence-electron chi connectivity index (χ2n) is 3.62. The molecule has 1 amide bonds. The van der Waals surface area contributed by atoms with Gasteiger partial charge >= 0.3 is 0 Å². The first-order valence-corrected chi connectivity index (χ1v) is 7.10. The highest BCUT2D eigenvalue weighted by molar-refractivity contribution is 7.89. The van der Waals surface area contributed by atoms with Crippen LogP contribution in [0.1, 0.15) is 5.56 Å². The highest BCUT2D eigenvalue weighted by Crippen LogP contribution is 1.98. The summed E-state index contributed by atoms with van der Waals surface area (Å²) in [4.78, 5) is 10.8. The van der Waals surface area contributed by atoms with E-state index in [-0.39, 0.29) is 24.7 Å². The summed E-state index contributed by atoms with van der Waals surface area (Å²) in [6, 6.07) is 9.22. The number of hydrogen-bond acceptors (Lipinski definition) is 3. The second kappa shape index (κ2) is 6.93. The number of amides is 1. The lowest BCUT2D eigenvalue weighted by Gasteiger charge is -2.07. The Bertz CT molecular complexity index is 497. The van der Waals surface area contributed by atoms with Crippen LogP contribution in [0.4, 0.5) is 0 Å². The zero-order chi connectivity index (χ0) is 13.4. The fourth-order valence-corrected chi connectivity index (χ4v) is 2.14. The topological polar surface area (TPSA) is 75.3 Å². The Hall–Kier alpha value is -1.66. The molecule has 1 rings (SSSR count). The lowest BCUT2D eigenvalue weighted by atomic mass is 10.2. The molecule has 0 radical (unpaired) electrons. The van der Waals surface area contributed by atoms with E-state index in [1.807, 2.05) is 30.3 Å². The Kier molecular flexibility index (Phi) is 5.54. The van der Waals surface area contributed by atoms with Gasteiger partial charge in [0, 0.05) is 13.1 Å². The van der Waals surface area contributed by atoms with Crippen LogP contribution in [0.5, 0.6) is 0 Å². The first-order valence-electron chi connectivity index (χ1n) is 5.45. The molecule has 0 heterocycles. The van der Waals surface area contributed by atoms with Crippen LogP contribution in [0.25, 0.3) is 0 Å². The zero-order valence-electron chi connectivity index (χ0n) is 9.93. The highest BCUT2D eigenvalue weighted by Gasteiger charge is 2.09. The monoisotopic (exact) mass is 268 g/mol. The van der Waals surface area contributed by atoms with Crippen LogP contribution in [0.2, 0.25) is 0 Å². The van der Waals surface area contributed by atoms with Crippen molar-refractivity contribution < 1.29 is 13.2 Å². The van der Waals surface area contributed by atoms with E-state index >= 15 is 0 Å². The SMILES string of the molecule is C=CC(=O)NCCS(=O)(=O)NCc1ccccc1. The van der Waals surface area contributed by atoms with Gasteiger partial charge in [0.05, 0.1) is 5.75 Å². The third-order valence-corrected chi connectivity index (χ3v) is 3.52. The molecule has 6 heteroatoms. The van der Waals surface area contributed by atoms with Crippen molar-refractivity contribution in [1.82, 2.24) is 10.0 Å². The number of benzene rings is 1. The van der Waals surface area contributed by atoms with E-state index < -0.39 is 10.0 Å². The molecule has 0 atom stereocenters. The molecule has 5 nitrogen and oxygen atoms in total. The molecule has 0 saturated carbocycles. The average Bonchev–Trinajstić information content (AvgIpc) is 2.37. The van der Waals surface area contributed by atoms with Crippen LogP contribution in [0, 0.1) is 0 Å². The van der Waals surface area contributed by atoms with E-state index in [0.717, 1.165) is 11.6 Å². The van der Waals surface area contributed by atoms with Crippen molar-refractivity contribution in [2.24, 2.45) is 0 Å². The normalized spacial score (nSPS) is 10.9. The van der Waals surface area contributed by atoms with E-state index in [4.69, 9.17) is 0 Å². The van der Waals surface area contributed by atoms with E-state index in [2.05, 4.69) is 16.6 Å². The summed E-state index contributed by atoms with van der Waals surface area (Å²) in [6.07, 6.45) is 1.10. The van der Waals surface area contributed by atoms with Gasteiger partial charge in [0.25, 0.3) is 0 Å². The van der Waals surface area contributed by atoms with Crippen LogP contribution in [0.3, 0.4) is 0 Å². The molecule has 0 aliphatic rings. The van der Waals surface area contributed by atoms with E-state index in [1.165, 1.54) is 0 Å². The molecule has 0 aliphatic carbocycles. The quantitative estimate of drug-likeness (QED) is 0.703. The Morgan fingerprint density at radius 3 is 2.56 bits per heavy atom. The van der Waals surface area contributed by atoms with Crippen molar-refractivity contribution >= 4 is 15.9 Å². The Morgan fingerprint density at radius 2 is 1.94 bits per heavy atom. The maximum atomic E-state index is 11.6. The number of rotatable bonds is 7. The summed E-state index contributed by atoms with van der Waals surface area (Å²) < 4.78 is 25.6. The van der Waals surface area contributed by atoms with Crippen molar-refractivity contribution in [3.63, 3.8) is 0 Å². The van der Waals surface area contributed by atoms with Gasteiger partial charge in [0.15, 0.2) is 0 Å². The van der Waals surface area contributed by atoms with Gasteiger partial charge in [-0.1, -0.05) is 36.9 Å². The molecular formula is C12H16N2O3S. The molecule has 1 aromatic rings. The Labute approximate surface area is 107 Å². The van der Waals surface area contributed by atoms with Gasteiger partial charge in [-0.15, -0.1) is 0 Å². The molecule has 0 unspecified atom stereocenters. The van der Waals surface area contributed by atoms with Gasteiger partial charge in [0.1, 0.15) is 0 Å². The van der Waals surface area contributed by atoms with Crippen molar-refractivity contribution in [3.05, 3.63) is 48.6 Å². The summed E-state index contributed by atoms with van der Waals surface area (Å²) in [5.74, 6) is -0.535. The van der Waals surface area contributed by atoms with Gasteiger partial charge in [-0.3, -0.25) is 4.79 Å². The third-order valence-electron chi connectivity index (χ3n) is 2.19. The maximum absolute atomic E-state index is 11.6. The number of carbonyl (C=O) groups excluding carboxylic acids is 1. The Balaban J connectivity index is 2.36. The van der Waals surface area contributed by atoms with Crippen LogP contribution < -0.4 is 10.0 Å². The molecule has 2 N–H and O–H groups in total. The Morgan fingerprint density at radius 1 is 1.28 bits per heavy atom. The predicted octanol–water partition coefficient (Wildman–Crippen LogP) is 0.408. The molecule has 0 bridgehead atoms. The van der Waals surface area contributed by atoms with Crippen molar-refractivity contribution in [3.8, 4) is 0 Å². The van der Waals surface area contributed by atoms with Gasteiger partial charge in [-0.25, -0.2) is 13.1 Å². The van der Waals surface area contributed by atoms with Gasteiger partial charge in [0.2, 0.25) is 15.9 Å². The number of hydrogen-bond donors (Lipinski definition) is 2.